The summed E-state index contributed by atoms with van der Waals surface area (Å²) in [6.07, 6.45) is 0.822. The van der Waals surface area contributed by atoms with Gasteiger partial charge in [-0.1, -0.05) is 9.25 Å². The second-order valence-electron chi connectivity index (χ2n) is 1.40. The Labute approximate surface area is 53.8 Å². The van der Waals surface area contributed by atoms with Gasteiger partial charge in [-0.25, -0.2) is 0 Å². The van der Waals surface area contributed by atoms with Crippen molar-refractivity contribution in [1.82, 2.24) is 0 Å². The average Bonchev–Trinajstić information content (AvgIpc) is 1.64. The quantitative estimate of drug-likeness (QED) is 0.320. The van der Waals surface area contributed by atoms with Gasteiger partial charge in [0.25, 0.3) is 0 Å². The Bertz CT molecular complexity index is 225. The lowest BCUT2D eigenvalue weighted by Gasteiger charge is -2.16. The highest BCUT2D eigenvalue weighted by atomic mass is 33.2. The lowest BCUT2D eigenvalue weighted by molar-refractivity contribution is 0.429. The normalized spacial score (nSPS) is 15.4. The molecule has 0 heterocycles. The highest BCUT2D eigenvalue weighted by molar-refractivity contribution is 8.68. The first-order valence-corrected chi connectivity index (χ1v) is 6.04. The zero-order chi connectivity index (χ0) is 7.71. The van der Waals surface area contributed by atoms with E-state index in [1.807, 2.05) is 0 Å². The first-order chi connectivity index (χ1) is 3.81. The molecule has 0 fully saturated rings. The molecular formula is C2H8O5S2. The standard InChI is InChI=1S/C2H8O5S2/c1-7-8(2,3)9(4,5)6/h8H,1-2H3,(H,4,5,6). The largest absolute Gasteiger partial charge is 0.364 e. The molecule has 0 amide bonds. The van der Waals surface area contributed by atoms with Crippen LogP contribution in [-0.4, -0.2) is 30.5 Å². The summed E-state index contributed by atoms with van der Waals surface area (Å²) < 4.78 is 42.8. The van der Waals surface area contributed by atoms with E-state index in [1.165, 1.54) is 0 Å². The smallest absolute Gasteiger partial charge is 0.279 e. The fourth-order valence-corrected chi connectivity index (χ4v) is 0.848. The summed E-state index contributed by atoms with van der Waals surface area (Å²) in [4.78, 5) is 0. The van der Waals surface area contributed by atoms with Crippen LogP contribution in [0.1, 0.15) is 0 Å². The molecule has 0 spiro atoms. The van der Waals surface area contributed by atoms with E-state index in [0.29, 0.717) is 0 Å². The van der Waals surface area contributed by atoms with E-state index in [4.69, 9.17) is 4.55 Å². The van der Waals surface area contributed by atoms with E-state index in [-0.39, 0.29) is 0 Å². The van der Waals surface area contributed by atoms with E-state index < -0.39 is 18.4 Å². The van der Waals surface area contributed by atoms with Gasteiger partial charge in [-0.2, -0.15) is 12.6 Å². The summed E-state index contributed by atoms with van der Waals surface area (Å²) in [7, 11) is -7.40. The third-order valence-electron chi connectivity index (χ3n) is 0.751. The van der Waals surface area contributed by atoms with Crippen LogP contribution in [0.3, 0.4) is 0 Å². The molecule has 0 aliphatic rings. The Morgan fingerprint density at radius 1 is 1.56 bits per heavy atom. The molecule has 0 aromatic heterocycles. The molecule has 9 heavy (non-hydrogen) atoms. The lowest BCUT2D eigenvalue weighted by atomic mass is 11.8. The van der Waals surface area contributed by atoms with Crippen molar-refractivity contribution >= 4 is 18.4 Å². The summed E-state index contributed by atoms with van der Waals surface area (Å²) >= 11 is 0. The van der Waals surface area contributed by atoms with Gasteiger partial charge >= 0.3 is 9.15 Å². The minimum atomic E-state index is -4.52. The highest BCUT2D eigenvalue weighted by Gasteiger charge is 2.16. The number of hydrogen-bond acceptors (Lipinski definition) is 4. The fraction of sp³-hybridized carbons (Fsp3) is 1.00. The van der Waals surface area contributed by atoms with Crippen molar-refractivity contribution in [2.24, 2.45) is 0 Å². The molecule has 0 atom stereocenters. The molecule has 0 rings (SSSR count). The van der Waals surface area contributed by atoms with Gasteiger partial charge in [-0.05, 0) is 0 Å². The van der Waals surface area contributed by atoms with E-state index in [1.54, 1.807) is 0 Å². The van der Waals surface area contributed by atoms with Crippen LogP contribution >= 0.6 is 0 Å². The van der Waals surface area contributed by atoms with E-state index in [0.717, 1.165) is 13.4 Å². The molecule has 0 aromatic rings. The average molecular weight is 176 g/mol. The predicted molar refractivity (Wildman–Crippen MR) is 34.0 cm³/mol. The molecule has 0 unspecified atom stereocenters. The summed E-state index contributed by atoms with van der Waals surface area (Å²) in [6.45, 7) is 0. The maximum absolute atomic E-state index is 10.5. The van der Waals surface area contributed by atoms with E-state index in [9.17, 15) is 12.6 Å². The maximum Gasteiger partial charge on any atom is 0.364 e. The molecule has 7 heteroatoms. The Balaban J connectivity index is 4.80. The fourth-order valence-electron chi connectivity index (χ4n) is 0.0942. The molecular weight excluding hydrogens is 168 g/mol. The molecule has 1 N–H and O–H groups in total. The molecule has 5 nitrogen and oxygen atoms in total. The second kappa shape index (κ2) is 2.33. The monoisotopic (exact) mass is 176 g/mol. The second-order valence-corrected chi connectivity index (χ2v) is 7.58. The zero-order valence-corrected chi connectivity index (χ0v) is 6.65. The topological polar surface area (TPSA) is 80.7 Å². The van der Waals surface area contributed by atoms with Crippen LogP contribution < -0.4 is 0 Å². The Kier molecular flexibility index (Phi) is 2.34. The molecule has 0 aromatic carbocycles. The third-order valence-corrected chi connectivity index (χ3v) is 5.21. The van der Waals surface area contributed by atoms with Crippen LogP contribution in [0.25, 0.3) is 0 Å². The van der Waals surface area contributed by atoms with Crippen molar-refractivity contribution in [3.63, 3.8) is 0 Å². The highest BCUT2D eigenvalue weighted by Crippen LogP contribution is 2.06. The first kappa shape index (κ1) is 9.02. The Morgan fingerprint density at radius 2 is 1.89 bits per heavy atom. The predicted octanol–water partition coefficient (Wildman–Crippen LogP) is -1.00. The van der Waals surface area contributed by atoms with Crippen molar-refractivity contribution in [1.29, 1.82) is 0 Å². The maximum atomic E-state index is 10.5. The van der Waals surface area contributed by atoms with Crippen LogP contribution in [0.15, 0.2) is 0 Å². The van der Waals surface area contributed by atoms with Crippen molar-refractivity contribution in [2.75, 3.05) is 13.4 Å². The van der Waals surface area contributed by atoms with E-state index >= 15 is 0 Å². The Hall–Kier alpha value is 0.0200. The van der Waals surface area contributed by atoms with Gasteiger partial charge in [-0.15, -0.1) is 0 Å². The van der Waals surface area contributed by atoms with Crippen LogP contribution in [0, 0.1) is 0 Å². The first-order valence-electron chi connectivity index (χ1n) is 1.92. The van der Waals surface area contributed by atoms with Crippen molar-refractivity contribution < 1.29 is 21.4 Å². The third kappa shape index (κ3) is 2.01. The number of hydrogen-bond donors (Lipinski definition) is 2. The van der Waals surface area contributed by atoms with Gasteiger partial charge in [0, 0.05) is 6.26 Å². The molecule has 0 radical (unpaired) electrons. The number of rotatable bonds is 2. The summed E-state index contributed by atoms with van der Waals surface area (Å²) in [5, 5.41) is 0. The zero-order valence-electron chi connectivity index (χ0n) is 4.94. The van der Waals surface area contributed by atoms with Crippen molar-refractivity contribution in [3.8, 4) is 0 Å². The minimum absolute atomic E-state index is 0.822. The van der Waals surface area contributed by atoms with Gasteiger partial charge in [0.05, 0.1) is 7.11 Å². The van der Waals surface area contributed by atoms with E-state index in [2.05, 4.69) is 4.18 Å². The number of thiol groups is 1. The van der Waals surface area contributed by atoms with Crippen LogP contribution in [0.4, 0.5) is 0 Å². The molecule has 0 saturated heterocycles. The summed E-state index contributed by atoms with van der Waals surface area (Å²) in [6, 6.07) is 0. The van der Waals surface area contributed by atoms with Crippen LogP contribution in [0.5, 0.6) is 0 Å². The van der Waals surface area contributed by atoms with Crippen LogP contribution in [0.2, 0.25) is 0 Å². The van der Waals surface area contributed by atoms with Gasteiger partial charge in [-0.3, -0.25) is 8.74 Å². The Morgan fingerprint density at radius 3 is 1.89 bits per heavy atom. The molecule has 58 valence electrons. The molecule has 0 aliphatic carbocycles. The summed E-state index contributed by atoms with van der Waals surface area (Å²) in [5.74, 6) is 0. The SMILES string of the molecule is CO[SH](C)(=O)S(=O)(=O)O. The van der Waals surface area contributed by atoms with Gasteiger partial charge < -0.3 is 0 Å². The summed E-state index contributed by atoms with van der Waals surface area (Å²) in [5.41, 5.74) is 0. The minimum Gasteiger partial charge on any atom is -0.279 e. The lowest BCUT2D eigenvalue weighted by Crippen LogP contribution is -2.22. The van der Waals surface area contributed by atoms with Gasteiger partial charge in [0.15, 0.2) is 0 Å². The van der Waals surface area contributed by atoms with Gasteiger partial charge in [0.2, 0.25) is 0 Å². The molecule has 0 saturated carbocycles. The van der Waals surface area contributed by atoms with Crippen LogP contribution in [-0.2, 0) is 22.6 Å². The molecule has 0 aliphatic heterocycles. The van der Waals surface area contributed by atoms with Gasteiger partial charge in [0.1, 0.15) is 0 Å². The van der Waals surface area contributed by atoms with Crippen molar-refractivity contribution in [3.05, 3.63) is 0 Å². The molecule has 0 bridgehead atoms. The van der Waals surface area contributed by atoms with Crippen molar-refractivity contribution in [2.45, 2.75) is 0 Å².